The zero-order chi connectivity index (χ0) is 81.7. The van der Waals surface area contributed by atoms with Crippen molar-refractivity contribution in [2.45, 2.75) is 117 Å². The first-order chi connectivity index (χ1) is 54.6. The number of ketones is 3. The monoisotopic (exact) mass is 2080 g/mol. The Hall–Kier alpha value is -11.1. The Morgan fingerprint density at radius 3 is 1.37 bits per heavy atom. The summed E-state index contributed by atoms with van der Waals surface area (Å²) in [5.41, 5.74) is 29.2. The number of nitrogens with zero attached hydrogens (tertiary/aromatic N) is 4. The molecule has 1 aliphatic heterocycles. The van der Waals surface area contributed by atoms with Gasteiger partial charge in [0.15, 0.2) is 23.9 Å². The van der Waals surface area contributed by atoms with Crippen LogP contribution in [-0.4, -0.2) is 47.6 Å². The van der Waals surface area contributed by atoms with Crippen LogP contribution in [0.15, 0.2) is 296 Å². The minimum Gasteiger partial charge on any atom is -0.512 e. The second kappa shape index (κ2) is 44.3. The summed E-state index contributed by atoms with van der Waals surface area (Å²) >= 11 is 0. The minimum atomic E-state index is -0.125. The first-order valence-corrected chi connectivity index (χ1v) is 38.5. The maximum absolute atomic E-state index is 11.0. The maximum atomic E-state index is 11.0. The van der Waals surface area contributed by atoms with E-state index in [-0.39, 0.29) is 107 Å². The van der Waals surface area contributed by atoms with Gasteiger partial charge in [0.1, 0.15) is 0 Å². The van der Waals surface area contributed by atoms with Crippen molar-refractivity contribution in [3.8, 4) is 56.2 Å². The Bertz CT molecular complexity index is 6010. The van der Waals surface area contributed by atoms with Crippen LogP contribution in [0.2, 0.25) is 0 Å². The molecule has 2 aliphatic rings. The van der Waals surface area contributed by atoms with Gasteiger partial charge in [-0.05, 0) is 169 Å². The quantitative estimate of drug-likeness (QED) is 0.0584. The summed E-state index contributed by atoms with van der Waals surface area (Å²) in [6, 6.07) is 101. The Morgan fingerprint density at radius 2 is 0.855 bits per heavy atom. The molecule has 0 bridgehead atoms. The van der Waals surface area contributed by atoms with Crippen molar-refractivity contribution in [2.24, 2.45) is 11.8 Å². The summed E-state index contributed by atoms with van der Waals surface area (Å²) in [7, 11) is 0. The van der Waals surface area contributed by atoms with Gasteiger partial charge in [-0.1, -0.05) is 225 Å². The molecular formula is C104H100Ir3N4O6-2. The smallest absolute Gasteiger partial charge is 0.216 e. The van der Waals surface area contributed by atoms with E-state index in [1.165, 1.54) is 151 Å². The number of para-hydroxylation sites is 2. The van der Waals surface area contributed by atoms with Crippen LogP contribution >= 0.6 is 0 Å². The zero-order valence-electron chi connectivity index (χ0n) is 69.0. The number of allylic oxidation sites excluding steroid dienone is 6. The van der Waals surface area contributed by atoms with Crippen LogP contribution in [0.4, 0.5) is 0 Å². The molecule has 13 heteroatoms. The second-order valence-electron chi connectivity index (χ2n) is 29.7. The van der Waals surface area contributed by atoms with Crippen LogP contribution in [-0.2, 0) is 87.7 Å². The van der Waals surface area contributed by atoms with Gasteiger partial charge in [-0.25, -0.2) is 0 Å². The van der Waals surface area contributed by atoms with Crippen LogP contribution < -0.4 is 4.57 Å². The molecule has 3 N–H and O–H groups in total. The van der Waals surface area contributed by atoms with Gasteiger partial charge in [-0.2, -0.15) is 4.57 Å². The Labute approximate surface area is 730 Å². The van der Waals surface area contributed by atoms with Crippen molar-refractivity contribution in [3.63, 3.8) is 0 Å². The number of fused-ring (bicyclic) bond motifs is 13. The number of aliphatic hydroxyl groups is 3. The van der Waals surface area contributed by atoms with E-state index in [0.29, 0.717) is 0 Å². The molecule has 0 fully saturated rings. The van der Waals surface area contributed by atoms with E-state index >= 15 is 0 Å². The van der Waals surface area contributed by atoms with Crippen LogP contribution in [0, 0.1) is 78.5 Å². The predicted molar refractivity (Wildman–Crippen MR) is 472 cm³/mol. The number of aryl methyl sites for hydroxylation is 7. The minimum absolute atomic E-state index is 0. The number of benzene rings is 11. The second-order valence-corrected chi connectivity index (χ2v) is 29.7. The van der Waals surface area contributed by atoms with Gasteiger partial charge in [0.2, 0.25) is 11.2 Å². The van der Waals surface area contributed by atoms with Gasteiger partial charge in [0.05, 0.1) is 39.4 Å². The number of pyridine rings is 4. The largest absolute Gasteiger partial charge is 0.512 e. The van der Waals surface area contributed by atoms with Crippen molar-refractivity contribution in [3.05, 3.63) is 370 Å². The van der Waals surface area contributed by atoms with E-state index in [9.17, 15) is 19.5 Å². The zero-order valence-corrected chi connectivity index (χ0v) is 76.2. The molecule has 15 aromatic rings. The van der Waals surface area contributed by atoms with Crippen LogP contribution in [0.5, 0.6) is 0 Å². The summed E-state index contributed by atoms with van der Waals surface area (Å²) in [4.78, 5) is 45.2. The summed E-state index contributed by atoms with van der Waals surface area (Å²) in [5.74, 6) is 0.0356. The summed E-state index contributed by atoms with van der Waals surface area (Å²) in [6.45, 7) is 28.7. The molecule has 601 valence electrons. The van der Waals surface area contributed by atoms with Crippen molar-refractivity contribution in [1.82, 2.24) is 15.0 Å². The van der Waals surface area contributed by atoms with Crippen molar-refractivity contribution >= 4 is 71.7 Å². The average Bonchev–Trinajstić information content (AvgIpc) is 1.61. The molecule has 117 heavy (non-hydrogen) atoms. The van der Waals surface area contributed by atoms with E-state index in [0.717, 1.165) is 74.4 Å². The van der Waals surface area contributed by atoms with E-state index in [1.807, 2.05) is 76.2 Å². The predicted octanol–water partition coefficient (Wildman–Crippen LogP) is 25.2. The van der Waals surface area contributed by atoms with Gasteiger partial charge >= 0.3 is 0 Å². The fourth-order valence-corrected chi connectivity index (χ4v) is 13.6. The van der Waals surface area contributed by atoms with Crippen molar-refractivity contribution in [1.29, 1.82) is 0 Å². The van der Waals surface area contributed by atoms with Gasteiger partial charge < -0.3 is 15.3 Å². The molecule has 0 amide bonds. The van der Waals surface area contributed by atoms with Gasteiger partial charge in [-0.3, -0.25) is 29.3 Å². The SMILES string of the molecule is CC(=O)C=C(C)O.CC(=O)C=C(C)O.CC(C)C(=O)C=C(O)C(C)C.Cc1[c-]c(-c2ccc3ccc(C)cc3n2)cc(C)c1.Cc1[c-]c(-c2ccc3ccccc3n2)cc(C)c1.Cc1cc2ccccc2[n+]2c1-c1ccccc1C2.Cc1ccc2ccc(-c3[c-]cccc3)nc2c1.[Ir].[Ir].[Ir].c1ccc2c(c1)Cc1ccc3ccccc3c1-2. The summed E-state index contributed by atoms with van der Waals surface area (Å²) in [6.07, 6.45) is 4.73. The molecule has 0 unspecified atom stereocenters. The number of hydrogen-bond donors (Lipinski definition) is 3. The third-order valence-corrected chi connectivity index (χ3v) is 18.9. The summed E-state index contributed by atoms with van der Waals surface area (Å²) < 4.78 is 2.44. The molecule has 1 aliphatic carbocycles. The fraction of sp³-hybridized carbons (Fsp3) is 0.183. The molecule has 0 atom stereocenters. The molecule has 17 rings (SSSR count). The third-order valence-electron chi connectivity index (χ3n) is 18.9. The molecule has 3 radical (unpaired) electrons. The molecule has 4 aromatic heterocycles. The molecular weight excluding hydrogens is 1980 g/mol. The number of aliphatic hydroxyl groups excluding tert-OH is 3. The molecule has 0 saturated carbocycles. The van der Waals surface area contributed by atoms with Gasteiger partial charge in [0, 0.05) is 113 Å². The number of rotatable bonds is 8. The Morgan fingerprint density at radius 1 is 0.402 bits per heavy atom. The van der Waals surface area contributed by atoms with Crippen LogP contribution in [0.25, 0.3) is 111 Å². The number of carbonyl (C=O) groups excluding carboxylic acids is 3. The van der Waals surface area contributed by atoms with Crippen LogP contribution in [0.1, 0.15) is 111 Å². The number of aromatic nitrogens is 4. The molecule has 0 spiro atoms. The average molecular weight is 2080 g/mol. The Kier molecular flexibility index (Phi) is 35.2. The van der Waals surface area contributed by atoms with Crippen LogP contribution in [0.3, 0.4) is 0 Å². The molecule has 11 aromatic carbocycles. The standard InChI is InChI=1S/C18H16N.2C17H14N.C17H12.C16H12N.C9H16O2.2C5H8O2.3Ir/c1-12-4-5-15-6-7-17(19-18(15)11-12)16-9-13(2)8-14(3)10-16;1-12-10-13-6-3-5-9-16(13)18-11-14-7-2-4-8-15(14)17(12)18;1-12-9-13(2)11-15(10-12)17-8-7-14-5-3-4-6-16(14)18-17;1-3-7-15-12(5-1)9-10-14-11-13-6-2-4-8-16(13)17(14)15;1-12-7-8-14-9-10-15(17-16(14)11-12)13-5-3-2-4-6-13;1-6(2)8(10)5-9(11)7(3)4;2*1-4(6)3-5(2)7;;;/h4-9,11H,1-3H3;2-10H,11H2,1H3;3-10H,1-2H3;1-10H,11H2;2-5,7-11H,1H3;5-7,10H,1-4H3;2*3,6H,1-2H3;;;/q-1;+1;-1;;-1;;;;;;. The molecule has 10 nitrogen and oxygen atoms in total. The van der Waals surface area contributed by atoms with E-state index in [1.54, 1.807) is 0 Å². The van der Waals surface area contributed by atoms with Gasteiger partial charge in [-0.15, -0.1) is 106 Å². The van der Waals surface area contributed by atoms with E-state index < -0.39 is 0 Å². The van der Waals surface area contributed by atoms with Crippen molar-refractivity contribution < 1.29 is 94.6 Å². The molecule has 5 heterocycles. The van der Waals surface area contributed by atoms with E-state index in [2.05, 4.69) is 289 Å². The van der Waals surface area contributed by atoms with E-state index in [4.69, 9.17) is 20.2 Å². The number of hydrogen-bond acceptors (Lipinski definition) is 9. The van der Waals surface area contributed by atoms with Gasteiger partial charge in [0.25, 0.3) is 0 Å². The first kappa shape index (κ1) is 93.1. The first-order valence-electron chi connectivity index (χ1n) is 38.5. The molecule has 0 saturated heterocycles. The number of carbonyl (C=O) groups is 3. The Balaban J connectivity index is 0.000000188. The normalized spacial score (nSPS) is 11.3. The third kappa shape index (κ3) is 26.2. The maximum Gasteiger partial charge on any atom is 0.216 e. The summed E-state index contributed by atoms with van der Waals surface area (Å²) in [5, 5.41) is 33.5. The van der Waals surface area contributed by atoms with Crippen molar-refractivity contribution in [2.75, 3.05) is 0 Å². The topological polar surface area (TPSA) is 154 Å². The fourth-order valence-electron chi connectivity index (χ4n) is 13.6.